The summed E-state index contributed by atoms with van der Waals surface area (Å²) in [6.45, 7) is 4.68. The van der Waals surface area contributed by atoms with Crippen molar-refractivity contribution < 1.29 is 10.2 Å². The van der Waals surface area contributed by atoms with E-state index in [2.05, 4.69) is 13.8 Å². The van der Waals surface area contributed by atoms with E-state index in [1.54, 1.807) is 24.3 Å². The molecule has 1 saturated carbocycles. The Morgan fingerprint density at radius 3 is 1.36 bits per heavy atom. The van der Waals surface area contributed by atoms with Gasteiger partial charge in [-0.1, -0.05) is 38.1 Å². The molecule has 0 spiro atoms. The fraction of sp³-hybridized carbons (Fsp3) is 0.400. The first-order valence-electron chi connectivity index (χ1n) is 8.00. The standard InChI is InChI=1S/C20H24O2/c1-19(2)11-13-20(14-12-19,15-3-7-17(21)8-4-15)16-5-9-18(22)10-6-16/h3-10,21-22H,11-14H2,1-2H3. The zero-order valence-electron chi connectivity index (χ0n) is 13.3. The fourth-order valence-corrected chi connectivity index (χ4v) is 3.66. The average Bonchev–Trinajstić information content (AvgIpc) is 2.50. The van der Waals surface area contributed by atoms with Crippen molar-refractivity contribution >= 4 is 0 Å². The van der Waals surface area contributed by atoms with Crippen LogP contribution in [0.15, 0.2) is 48.5 Å². The second kappa shape index (κ2) is 5.35. The third kappa shape index (κ3) is 2.70. The molecule has 0 saturated heterocycles. The molecule has 22 heavy (non-hydrogen) atoms. The van der Waals surface area contributed by atoms with Crippen molar-refractivity contribution in [2.75, 3.05) is 0 Å². The van der Waals surface area contributed by atoms with Gasteiger partial charge in [-0.15, -0.1) is 0 Å². The van der Waals surface area contributed by atoms with Crippen LogP contribution in [0.25, 0.3) is 0 Å². The van der Waals surface area contributed by atoms with Crippen LogP contribution in [-0.4, -0.2) is 10.2 Å². The Balaban J connectivity index is 2.06. The normalized spacial score (nSPS) is 19.7. The summed E-state index contributed by atoms with van der Waals surface area (Å²) < 4.78 is 0. The van der Waals surface area contributed by atoms with Crippen molar-refractivity contribution in [2.45, 2.75) is 44.9 Å². The van der Waals surface area contributed by atoms with E-state index in [1.807, 2.05) is 24.3 Å². The van der Waals surface area contributed by atoms with Crippen molar-refractivity contribution in [1.82, 2.24) is 0 Å². The van der Waals surface area contributed by atoms with Gasteiger partial charge in [-0.25, -0.2) is 0 Å². The number of rotatable bonds is 2. The minimum atomic E-state index is -0.0169. The fourth-order valence-electron chi connectivity index (χ4n) is 3.66. The number of hydrogen-bond donors (Lipinski definition) is 2. The number of hydrogen-bond acceptors (Lipinski definition) is 2. The van der Waals surface area contributed by atoms with Gasteiger partial charge < -0.3 is 10.2 Å². The lowest BCUT2D eigenvalue weighted by Gasteiger charge is -2.44. The molecule has 0 heterocycles. The summed E-state index contributed by atoms with van der Waals surface area (Å²) >= 11 is 0. The maximum absolute atomic E-state index is 9.60. The molecule has 1 fully saturated rings. The highest BCUT2D eigenvalue weighted by Crippen LogP contribution is 2.50. The lowest BCUT2D eigenvalue weighted by atomic mass is 9.60. The maximum Gasteiger partial charge on any atom is 0.115 e. The first-order valence-corrected chi connectivity index (χ1v) is 8.00. The van der Waals surface area contributed by atoms with Gasteiger partial charge in [0.15, 0.2) is 0 Å². The van der Waals surface area contributed by atoms with Crippen LogP contribution < -0.4 is 0 Å². The largest absolute Gasteiger partial charge is 0.508 e. The van der Waals surface area contributed by atoms with Crippen LogP contribution >= 0.6 is 0 Å². The molecule has 1 aliphatic carbocycles. The van der Waals surface area contributed by atoms with Crippen molar-refractivity contribution in [1.29, 1.82) is 0 Å². The second-order valence-corrected chi connectivity index (χ2v) is 7.34. The highest BCUT2D eigenvalue weighted by Gasteiger charge is 2.40. The van der Waals surface area contributed by atoms with Crippen LogP contribution in [0.4, 0.5) is 0 Å². The van der Waals surface area contributed by atoms with Gasteiger partial charge in [-0.05, 0) is 66.5 Å². The smallest absolute Gasteiger partial charge is 0.115 e. The van der Waals surface area contributed by atoms with Crippen LogP contribution in [-0.2, 0) is 5.41 Å². The highest BCUT2D eigenvalue weighted by atomic mass is 16.3. The van der Waals surface area contributed by atoms with Gasteiger partial charge in [0.05, 0.1) is 0 Å². The van der Waals surface area contributed by atoms with Crippen LogP contribution in [0, 0.1) is 5.41 Å². The predicted octanol–water partition coefficient (Wildman–Crippen LogP) is 4.98. The Hall–Kier alpha value is -1.96. The van der Waals surface area contributed by atoms with Crippen molar-refractivity contribution in [3.63, 3.8) is 0 Å². The first kappa shape index (κ1) is 15.0. The Morgan fingerprint density at radius 1 is 0.636 bits per heavy atom. The van der Waals surface area contributed by atoms with E-state index in [0.717, 1.165) is 12.8 Å². The predicted molar refractivity (Wildman–Crippen MR) is 89.2 cm³/mol. The Bertz CT molecular complexity index is 581. The van der Waals surface area contributed by atoms with E-state index in [0.29, 0.717) is 16.9 Å². The van der Waals surface area contributed by atoms with Gasteiger partial charge in [0.2, 0.25) is 0 Å². The third-order valence-electron chi connectivity index (χ3n) is 5.30. The zero-order chi connectivity index (χ0) is 15.8. The van der Waals surface area contributed by atoms with Gasteiger partial charge in [-0.2, -0.15) is 0 Å². The molecule has 2 N–H and O–H groups in total. The molecular weight excluding hydrogens is 272 g/mol. The molecule has 0 aromatic heterocycles. The summed E-state index contributed by atoms with van der Waals surface area (Å²) in [5, 5.41) is 19.2. The Kier molecular flexibility index (Phi) is 3.64. The summed E-state index contributed by atoms with van der Waals surface area (Å²) in [7, 11) is 0. The van der Waals surface area contributed by atoms with E-state index < -0.39 is 0 Å². The summed E-state index contributed by atoms with van der Waals surface area (Å²) in [6.07, 6.45) is 4.54. The monoisotopic (exact) mass is 296 g/mol. The molecule has 0 amide bonds. The molecule has 2 heteroatoms. The SMILES string of the molecule is CC1(C)CCC(c2ccc(O)cc2)(c2ccc(O)cc2)CC1. The van der Waals surface area contributed by atoms with E-state index in [9.17, 15) is 10.2 Å². The van der Waals surface area contributed by atoms with Gasteiger partial charge in [0, 0.05) is 5.41 Å². The summed E-state index contributed by atoms with van der Waals surface area (Å²) in [6, 6.07) is 15.3. The topological polar surface area (TPSA) is 40.5 Å². The zero-order valence-corrected chi connectivity index (χ0v) is 13.3. The lowest BCUT2D eigenvalue weighted by Crippen LogP contribution is -2.35. The van der Waals surface area contributed by atoms with Crippen LogP contribution in [0.3, 0.4) is 0 Å². The molecule has 2 nitrogen and oxygen atoms in total. The molecule has 0 aliphatic heterocycles. The number of aromatic hydroxyl groups is 2. The number of phenolic OH excluding ortho intramolecular Hbond substituents is 2. The van der Waals surface area contributed by atoms with Gasteiger partial charge in [0.1, 0.15) is 11.5 Å². The molecule has 0 atom stereocenters. The highest BCUT2D eigenvalue weighted by molar-refractivity contribution is 5.43. The molecule has 2 aromatic carbocycles. The van der Waals surface area contributed by atoms with Gasteiger partial charge in [0.25, 0.3) is 0 Å². The molecule has 2 aromatic rings. The van der Waals surface area contributed by atoms with E-state index in [1.165, 1.54) is 24.0 Å². The summed E-state index contributed by atoms with van der Waals surface area (Å²) in [4.78, 5) is 0. The quantitative estimate of drug-likeness (QED) is 0.820. The Morgan fingerprint density at radius 2 is 1.00 bits per heavy atom. The third-order valence-corrected chi connectivity index (χ3v) is 5.30. The van der Waals surface area contributed by atoms with Crippen molar-refractivity contribution in [2.24, 2.45) is 5.41 Å². The van der Waals surface area contributed by atoms with E-state index in [4.69, 9.17) is 0 Å². The van der Waals surface area contributed by atoms with Gasteiger partial charge in [-0.3, -0.25) is 0 Å². The minimum absolute atomic E-state index is 0.0169. The molecule has 1 aliphatic rings. The Labute approximate surface area is 132 Å². The molecule has 3 rings (SSSR count). The molecule has 0 bridgehead atoms. The van der Waals surface area contributed by atoms with Crippen molar-refractivity contribution in [3.05, 3.63) is 59.7 Å². The summed E-state index contributed by atoms with van der Waals surface area (Å²) in [5.41, 5.74) is 2.88. The van der Waals surface area contributed by atoms with Crippen LogP contribution in [0.5, 0.6) is 11.5 Å². The molecule has 116 valence electrons. The minimum Gasteiger partial charge on any atom is -0.508 e. The van der Waals surface area contributed by atoms with E-state index >= 15 is 0 Å². The summed E-state index contributed by atoms with van der Waals surface area (Å²) in [5.74, 6) is 0.612. The number of benzene rings is 2. The van der Waals surface area contributed by atoms with Crippen molar-refractivity contribution in [3.8, 4) is 11.5 Å². The van der Waals surface area contributed by atoms with Crippen LogP contribution in [0.1, 0.15) is 50.7 Å². The first-order chi connectivity index (χ1) is 10.4. The average molecular weight is 296 g/mol. The lowest BCUT2D eigenvalue weighted by molar-refractivity contribution is 0.185. The second-order valence-electron chi connectivity index (χ2n) is 7.34. The maximum atomic E-state index is 9.60. The van der Waals surface area contributed by atoms with E-state index in [-0.39, 0.29) is 5.41 Å². The molecule has 0 unspecified atom stereocenters. The number of phenols is 2. The molecule has 0 radical (unpaired) electrons. The van der Waals surface area contributed by atoms with Crippen LogP contribution in [0.2, 0.25) is 0 Å². The molecular formula is C20H24O2. The van der Waals surface area contributed by atoms with Gasteiger partial charge >= 0.3 is 0 Å².